The summed E-state index contributed by atoms with van der Waals surface area (Å²) in [6, 6.07) is 5.27. The Labute approximate surface area is 168 Å². The molecule has 0 radical (unpaired) electrons. The van der Waals surface area contributed by atoms with Crippen molar-refractivity contribution in [2.24, 2.45) is 0 Å². The van der Waals surface area contributed by atoms with Crippen LogP contribution in [0.5, 0.6) is 0 Å². The van der Waals surface area contributed by atoms with E-state index >= 15 is 0 Å². The highest BCUT2D eigenvalue weighted by molar-refractivity contribution is 7.89. The number of carbonyl (C=O) groups is 3. The average molecular weight is 422 g/mol. The number of nitrogens with one attached hydrogen (secondary N) is 2. The van der Waals surface area contributed by atoms with Crippen molar-refractivity contribution in [3.8, 4) is 0 Å². The van der Waals surface area contributed by atoms with Gasteiger partial charge in [0.1, 0.15) is 0 Å². The molecule has 10 heteroatoms. The Hall–Kier alpha value is -2.98. The summed E-state index contributed by atoms with van der Waals surface area (Å²) in [6.07, 6.45) is -1.17. The van der Waals surface area contributed by atoms with Gasteiger partial charge in [-0.1, -0.05) is 6.07 Å². The normalized spacial score (nSPS) is 12.3. The number of aromatic amines is 1. The first kappa shape index (κ1) is 22.3. The van der Waals surface area contributed by atoms with E-state index in [0.717, 1.165) is 6.07 Å². The molecule has 1 aromatic heterocycles. The number of rotatable bonds is 7. The van der Waals surface area contributed by atoms with Crippen LogP contribution in [0.25, 0.3) is 0 Å². The number of aromatic nitrogens is 1. The molecule has 0 fully saturated rings. The molecule has 0 bridgehead atoms. The van der Waals surface area contributed by atoms with E-state index in [1.54, 1.807) is 13.8 Å². The van der Waals surface area contributed by atoms with Crippen molar-refractivity contribution in [1.82, 2.24) is 9.71 Å². The number of hydrogen-bond donors (Lipinski definition) is 2. The van der Waals surface area contributed by atoms with Crippen LogP contribution in [0.1, 0.15) is 49.4 Å². The Bertz CT molecular complexity index is 1070. The molecule has 0 saturated carbocycles. The Morgan fingerprint density at radius 2 is 1.79 bits per heavy atom. The predicted octanol–water partition coefficient (Wildman–Crippen LogP) is 1.75. The molecule has 156 valence electrons. The third-order valence-electron chi connectivity index (χ3n) is 4.38. The van der Waals surface area contributed by atoms with Crippen molar-refractivity contribution < 1.29 is 32.3 Å². The van der Waals surface area contributed by atoms with E-state index in [9.17, 15) is 22.8 Å². The van der Waals surface area contributed by atoms with E-state index in [2.05, 4.69) is 9.71 Å². The molecule has 1 atom stereocenters. The summed E-state index contributed by atoms with van der Waals surface area (Å²) in [7, 11) is -1.24. The third kappa shape index (κ3) is 4.54. The van der Waals surface area contributed by atoms with Gasteiger partial charge < -0.3 is 14.5 Å². The number of carbonyl (C=O) groups excluding carboxylic acids is 3. The standard InChI is InChI=1S/C19H22N2O7S/c1-10-15(19(24)27-5)11(2)21-16(10)17(22)12(3)28-18(23)13-7-6-8-14(9-13)29(25,26)20-4/h6-9,12,20-21H,1-5H3/t12-/m1/s1. The minimum absolute atomic E-state index is 0.0180. The Morgan fingerprint density at radius 3 is 2.38 bits per heavy atom. The molecule has 0 aliphatic carbocycles. The number of hydrogen-bond acceptors (Lipinski definition) is 7. The van der Waals surface area contributed by atoms with Gasteiger partial charge in [0.15, 0.2) is 6.10 Å². The monoisotopic (exact) mass is 422 g/mol. The van der Waals surface area contributed by atoms with Gasteiger partial charge in [0.05, 0.1) is 28.8 Å². The van der Waals surface area contributed by atoms with Crippen LogP contribution < -0.4 is 4.72 Å². The van der Waals surface area contributed by atoms with Crippen LogP contribution >= 0.6 is 0 Å². The minimum atomic E-state index is -3.73. The Balaban J connectivity index is 2.24. The fourth-order valence-corrected chi connectivity index (χ4v) is 3.57. The van der Waals surface area contributed by atoms with Crippen LogP contribution in [0, 0.1) is 13.8 Å². The molecule has 0 amide bonds. The molecule has 1 heterocycles. The number of sulfonamides is 1. The first-order valence-electron chi connectivity index (χ1n) is 8.59. The summed E-state index contributed by atoms with van der Waals surface area (Å²) < 4.78 is 35.8. The van der Waals surface area contributed by atoms with E-state index in [-0.39, 0.29) is 21.7 Å². The maximum absolute atomic E-state index is 12.7. The molecule has 0 aliphatic rings. The van der Waals surface area contributed by atoms with Crippen LogP contribution in [-0.4, -0.2) is 51.4 Å². The summed E-state index contributed by atoms with van der Waals surface area (Å²) in [6.45, 7) is 4.60. The lowest BCUT2D eigenvalue weighted by atomic mass is 10.1. The molecular weight excluding hydrogens is 400 g/mol. The van der Waals surface area contributed by atoms with Gasteiger partial charge in [-0.25, -0.2) is 22.7 Å². The lowest BCUT2D eigenvalue weighted by Gasteiger charge is -2.13. The van der Waals surface area contributed by atoms with Crippen LogP contribution in [-0.2, 0) is 19.5 Å². The van der Waals surface area contributed by atoms with E-state index < -0.39 is 33.8 Å². The second kappa shape index (κ2) is 8.58. The second-order valence-electron chi connectivity index (χ2n) is 6.26. The molecule has 9 nitrogen and oxygen atoms in total. The maximum atomic E-state index is 12.7. The van der Waals surface area contributed by atoms with Crippen LogP contribution in [0.15, 0.2) is 29.2 Å². The van der Waals surface area contributed by atoms with E-state index in [0.29, 0.717) is 11.3 Å². The number of methoxy groups -OCH3 is 1. The van der Waals surface area contributed by atoms with Gasteiger partial charge in [0.25, 0.3) is 0 Å². The molecular formula is C19H22N2O7S. The van der Waals surface area contributed by atoms with E-state index in [1.165, 1.54) is 39.3 Å². The summed E-state index contributed by atoms with van der Waals surface area (Å²) in [5, 5.41) is 0. The van der Waals surface area contributed by atoms with Gasteiger partial charge in [-0.2, -0.15) is 0 Å². The van der Waals surface area contributed by atoms with Gasteiger partial charge in [0.2, 0.25) is 15.8 Å². The highest BCUT2D eigenvalue weighted by atomic mass is 32.2. The first-order valence-corrected chi connectivity index (χ1v) is 10.1. The molecule has 29 heavy (non-hydrogen) atoms. The molecule has 2 aromatic rings. The molecule has 0 saturated heterocycles. The second-order valence-corrected chi connectivity index (χ2v) is 8.15. The number of H-pyrrole nitrogens is 1. The molecule has 0 spiro atoms. The topological polar surface area (TPSA) is 132 Å². The Kier molecular flexibility index (Phi) is 6.60. The van der Waals surface area contributed by atoms with E-state index in [4.69, 9.17) is 9.47 Å². The SMILES string of the molecule is CNS(=O)(=O)c1cccc(C(=O)O[C@H](C)C(=O)c2[nH]c(C)c(C(=O)OC)c2C)c1. The summed E-state index contributed by atoms with van der Waals surface area (Å²) in [5.41, 5.74) is 1.22. The highest BCUT2D eigenvalue weighted by Gasteiger charge is 2.28. The van der Waals surface area contributed by atoms with Crippen LogP contribution in [0.4, 0.5) is 0 Å². The summed E-state index contributed by atoms with van der Waals surface area (Å²) in [5.74, 6) is -1.97. The maximum Gasteiger partial charge on any atom is 0.339 e. The van der Waals surface area contributed by atoms with Gasteiger partial charge in [-0.05, 0) is 51.6 Å². The highest BCUT2D eigenvalue weighted by Crippen LogP contribution is 2.21. The average Bonchev–Trinajstić information content (AvgIpc) is 3.00. The van der Waals surface area contributed by atoms with Crippen molar-refractivity contribution >= 4 is 27.7 Å². The zero-order chi connectivity index (χ0) is 21.9. The van der Waals surface area contributed by atoms with Crippen molar-refractivity contribution in [3.63, 3.8) is 0 Å². The van der Waals surface area contributed by atoms with Gasteiger partial charge >= 0.3 is 11.9 Å². The lowest BCUT2D eigenvalue weighted by molar-refractivity contribution is 0.0316. The summed E-state index contributed by atoms with van der Waals surface area (Å²) in [4.78, 5) is 39.7. The third-order valence-corrected chi connectivity index (χ3v) is 5.79. The number of benzene rings is 1. The smallest absolute Gasteiger partial charge is 0.339 e. The fourth-order valence-electron chi connectivity index (χ4n) is 2.80. The molecule has 2 rings (SSSR count). The van der Waals surface area contributed by atoms with Crippen molar-refractivity contribution in [2.75, 3.05) is 14.2 Å². The number of ether oxygens (including phenoxy) is 2. The molecule has 0 aliphatic heterocycles. The van der Waals surface area contributed by atoms with Crippen LogP contribution in [0.2, 0.25) is 0 Å². The summed E-state index contributed by atoms with van der Waals surface area (Å²) >= 11 is 0. The minimum Gasteiger partial charge on any atom is -0.465 e. The number of esters is 2. The van der Waals surface area contributed by atoms with Crippen molar-refractivity contribution in [1.29, 1.82) is 0 Å². The van der Waals surface area contributed by atoms with Crippen LogP contribution in [0.3, 0.4) is 0 Å². The number of ketones is 1. The molecule has 0 unspecified atom stereocenters. The van der Waals surface area contributed by atoms with E-state index in [1.807, 2.05) is 0 Å². The quantitative estimate of drug-likeness (QED) is 0.513. The number of aryl methyl sites for hydroxylation is 1. The van der Waals surface area contributed by atoms with Gasteiger partial charge in [-0.3, -0.25) is 4.79 Å². The first-order chi connectivity index (χ1) is 13.5. The predicted molar refractivity (Wildman–Crippen MR) is 104 cm³/mol. The zero-order valence-corrected chi connectivity index (χ0v) is 17.5. The molecule has 2 N–H and O–H groups in total. The largest absolute Gasteiger partial charge is 0.465 e. The van der Waals surface area contributed by atoms with Crippen molar-refractivity contribution in [2.45, 2.75) is 31.8 Å². The Morgan fingerprint density at radius 1 is 1.14 bits per heavy atom. The lowest BCUT2D eigenvalue weighted by Crippen LogP contribution is -2.25. The van der Waals surface area contributed by atoms with Crippen molar-refractivity contribution in [3.05, 3.63) is 52.3 Å². The fraction of sp³-hybridized carbons (Fsp3) is 0.316. The zero-order valence-electron chi connectivity index (χ0n) is 16.7. The number of Topliss-reactive ketones (excluding diaryl/α,β-unsaturated/α-hetero) is 1. The molecule has 1 aromatic carbocycles. The van der Waals surface area contributed by atoms with Gasteiger partial charge in [0, 0.05) is 5.69 Å². The van der Waals surface area contributed by atoms with Gasteiger partial charge in [-0.15, -0.1) is 0 Å².